The average Bonchev–Trinajstić information content (AvgIpc) is 1.61. The second-order valence-corrected chi connectivity index (χ2v) is 1.42. The molecule has 0 fully saturated rings. The summed E-state index contributed by atoms with van der Waals surface area (Å²) >= 11 is 0. The van der Waals surface area contributed by atoms with Crippen LogP contribution in [0.1, 0.15) is 6.42 Å². The van der Waals surface area contributed by atoms with E-state index in [1.54, 1.807) is 0 Å². The van der Waals surface area contributed by atoms with Gasteiger partial charge in [-0.05, 0) is 7.05 Å². The van der Waals surface area contributed by atoms with Gasteiger partial charge in [-0.2, -0.15) is 0 Å². The second kappa shape index (κ2) is 3.68. The summed E-state index contributed by atoms with van der Waals surface area (Å²) in [6, 6.07) is 0. The van der Waals surface area contributed by atoms with Crippen molar-refractivity contribution < 1.29 is 5.11 Å². The van der Waals surface area contributed by atoms with Gasteiger partial charge in [0.05, 0.1) is 5.76 Å². The van der Waals surface area contributed by atoms with Gasteiger partial charge in [0.1, 0.15) is 0 Å². The van der Waals surface area contributed by atoms with E-state index in [2.05, 4.69) is 11.9 Å². The van der Waals surface area contributed by atoms with Crippen molar-refractivity contribution in [3.63, 3.8) is 0 Å². The lowest BCUT2D eigenvalue weighted by molar-refractivity contribution is 0.389. The van der Waals surface area contributed by atoms with E-state index in [0.29, 0.717) is 6.42 Å². The number of aliphatic hydroxyl groups is 1. The third-order valence-corrected chi connectivity index (χ3v) is 0.664. The molecule has 0 amide bonds. The largest absolute Gasteiger partial charge is 0.513 e. The molecule has 0 aliphatic carbocycles. The van der Waals surface area contributed by atoms with Gasteiger partial charge in [0.2, 0.25) is 0 Å². The molecule has 2 N–H and O–H groups in total. The molecule has 0 spiro atoms. The Balaban J connectivity index is 2.82. The molecule has 0 aromatic rings. The molecular formula is C5H11NO. The highest BCUT2D eigenvalue weighted by molar-refractivity contribution is 4.78. The Morgan fingerprint density at radius 1 is 1.86 bits per heavy atom. The third kappa shape index (κ3) is 5.50. The molecule has 42 valence electrons. The molecule has 0 aromatic heterocycles. The summed E-state index contributed by atoms with van der Waals surface area (Å²) < 4.78 is 0. The van der Waals surface area contributed by atoms with Crippen LogP contribution in [-0.2, 0) is 0 Å². The van der Waals surface area contributed by atoms with Crippen LogP contribution in [0, 0.1) is 0 Å². The van der Waals surface area contributed by atoms with Gasteiger partial charge in [-0.1, -0.05) is 6.58 Å². The minimum atomic E-state index is 0.245. The molecule has 0 aromatic carbocycles. The Hall–Kier alpha value is -0.500. The lowest BCUT2D eigenvalue weighted by Crippen LogP contribution is -2.07. The van der Waals surface area contributed by atoms with Gasteiger partial charge >= 0.3 is 0 Å². The van der Waals surface area contributed by atoms with Crippen LogP contribution in [0.3, 0.4) is 0 Å². The molecule has 0 aliphatic rings. The molecule has 0 saturated heterocycles. The van der Waals surface area contributed by atoms with Crippen molar-refractivity contribution in [3.05, 3.63) is 12.3 Å². The smallest absolute Gasteiger partial charge is 0.0863 e. The van der Waals surface area contributed by atoms with Gasteiger partial charge in [0.25, 0.3) is 0 Å². The van der Waals surface area contributed by atoms with Crippen LogP contribution in [0.5, 0.6) is 0 Å². The molecule has 0 heterocycles. The van der Waals surface area contributed by atoms with E-state index in [9.17, 15) is 0 Å². The SMILES string of the molecule is C=C(O)CCNC. The summed E-state index contributed by atoms with van der Waals surface area (Å²) in [6.07, 6.45) is 0.649. The van der Waals surface area contributed by atoms with Gasteiger partial charge in [-0.25, -0.2) is 0 Å². The molecule has 0 saturated carbocycles. The van der Waals surface area contributed by atoms with Crippen molar-refractivity contribution in [2.45, 2.75) is 6.42 Å². The predicted molar refractivity (Wildman–Crippen MR) is 30.3 cm³/mol. The Morgan fingerprint density at radius 2 is 2.43 bits per heavy atom. The lowest BCUT2D eigenvalue weighted by Gasteiger charge is -1.93. The molecule has 0 atom stereocenters. The number of aliphatic hydroxyl groups excluding tert-OH is 1. The fraction of sp³-hybridized carbons (Fsp3) is 0.600. The van der Waals surface area contributed by atoms with Gasteiger partial charge in [0.15, 0.2) is 0 Å². The van der Waals surface area contributed by atoms with E-state index in [0.717, 1.165) is 6.54 Å². The summed E-state index contributed by atoms with van der Waals surface area (Å²) in [6.45, 7) is 4.11. The van der Waals surface area contributed by atoms with E-state index in [1.807, 2.05) is 7.05 Å². The summed E-state index contributed by atoms with van der Waals surface area (Å²) in [4.78, 5) is 0. The van der Waals surface area contributed by atoms with Crippen LogP contribution in [0.2, 0.25) is 0 Å². The Kier molecular flexibility index (Phi) is 3.42. The van der Waals surface area contributed by atoms with Crippen molar-refractivity contribution in [1.29, 1.82) is 0 Å². The molecule has 0 rings (SSSR count). The first-order valence-corrected chi connectivity index (χ1v) is 2.28. The quantitative estimate of drug-likeness (QED) is 0.512. The predicted octanol–water partition coefficient (Wildman–Crippen LogP) is 0.668. The molecule has 2 nitrogen and oxygen atoms in total. The Labute approximate surface area is 43.9 Å². The molecule has 7 heavy (non-hydrogen) atoms. The van der Waals surface area contributed by atoms with Crippen LogP contribution < -0.4 is 5.32 Å². The minimum absolute atomic E-state index is 0.245. The molecule has 0 radical (unpaired) electrons. The fourth-order valence-electron chi connectivity index (χ4n) is 0.269. The first-order chi connectivity index (χ1) is 3.27. The van der Waals surface area contributed by atoms with Gasteiger partial charge in [-0.15, -0.1) is 0 Å². The van der Waals surface area contributed by atoms with E-state index in [4.69, 9.17) is 5.11 Å². The summed E-state index contributed by atoms with van der Waals surface area (Å²) in [5, 5.41) is 11.3. The lowest BCUT2D eigenvalue weighted by atomic mass is 10.4. The number of hydrogen-bond acceptors (Lipinski definition) is 2. The topological polar surface area (TPSA) is 32.3 Å². The Morgan fingerprint density at radius 3 is 2.57 bits per heavy atom. The average molecular weight is 101 g/mol. The van der Waals surface area contributed by atoms with Crippen molar-refractivity contribution in [3.8, 4) is 0 Å². The summed E-state index contributed by atoms with van der Waals surface area (Å²) in [5.74, 6) is 0.245. The maximum absolute atomic E-state index is 8.45. The number of nitrogens with one attached hydrogen (secondary N) is 1. The highest BCUT2D eigenvalue weighted by atomic mass is 16.3. The summed E-state index contributed by atoms with van der Waals surface area (Å²) in [5.41, 5.74) is 0. The zero-order valence-corrected chi connectivity index (χ0v) is 4.57. The fourth-order valence-corrected chi connectivity index (χ4v) is 0.269. The normalized spacial score (nSPS) is 8.71. The maximum atomic E-state index is 8.45. The van der Waals surface area contributed by atoms with Crippen molar-refractivity contribution in [1.82, 2.24) is 5.32 Å². The minimum Gasteiger partial charge on any atom is -0.513 e. The summed E-state index contributed by atoms with van der Waals surface area (Å²) in [7, 11) is 1.84. The highest BCUT2D eigenvalue weighted by Gasteiger charge is 1.82. The van der Waals surface area contributed by atoms with Crippen LogP contribution in [0.4, 0.5) is 0 Å². The highest BCUT2D eigenvalue weighted by Crippen LogP contribution is 1.85. The zero-order valence-electron chi connectivity index (χ0n) is 4.57. The third-order valence-electron chi connectivity index (χ3n) is 0.664. The van der Waals surface area contributed by atoms with Crippen LogP contribution in [0.25, 0.3) is 0 Å². The monoisotopic (exact) mass is 101 g/mol. The molecule has 2 heteroatoms. The van der Waals surface area contributed by atoms with Gasteiger partial charge in [0, 0.05) is 13.0 Å². The standard InChI is InChI=1S/C5H11NO/c1-5(7)3-4-6-2/h6-7H,1,3-4H2,2H3. The first kappa shape index (κ1) is 6.50. The molecule has 0 aliphatic heterocycles. The van der Waals surface area contributed by atoms with Crippen LogP contribution >= 0.6 is 0 Å². The van der Waals surface area contributed by atoms with Crippen LogP contribution in [-0.4, -0.2) is 18.7 Å². The van der Waals surface area contributed by atoms with Gasteiger partial charge < -0.3 is 10.4 Å². The molecular weight excluding hydrogens is 90.1 g/mol. The Bertz CT molecular complexity index is 61.1. The second-order valence-electron chi connectivity index (χ2n) is 1.42. The zero-order chi connectivity index (χ0) is 5.70. The maximum Gasteiger partial charge on any atom is 0.0863 e. The van der Waals surface area contributed by atoms with Crippen molar-refractivity contribution >= 4 is 0 Å². The number of hydrogen-bond donors (Lipinski definition) is 2. The molecule has 0 unspecified atom stereocenters. The molecule has 0 bridgehead atoms. The van der Waals surface area contributed by atoms with Crippen molar-refractivity contribution in [2.24, 2.45) is 0 Å². The van der Waals surface area contributed by atoms with Crippen LogP contribution in [0.15, 0.2) is 12.3 Å². The van der Waals surface area contributed by atoms with Gasteiger partial charge in [-0.3, -0.25) is 0 Å². The first-order valence-electron chi connectivity index (χ1n) is 2.28. The van der Waals surface area contributed by atoms with Crippen molar-refractivity contribution in [2.75, 3.05) is 13.6 Å². The number of rotatable bonds is 3. The van der Waals surface area contributed by atoms with E-state index < -0.39 is 0 Å². The van der Waals surface area contributed by atoms with E-state index in [-0.39, 0.29) is 5.76 Å². The van der Waals surface area contributed by atoms with E-state index in [1.165, 1.54) is 0 Å². The van der Waals surface area contributed by atoms with E-state index >= 15 is 0 Å².